The zero-order valence-electron chi connectivity index (χ0n) is 16.4. The second-order valence-corrected chi connectivity index (χ2v) is 7.69. The van der Waals surface area contributed by atoms with Crippen molar-refractivity contribution in [3.05, 3.63) is 76.1 Å². The molecule has 0 aliphatic rings. The molecule has 0 radical (unpaired) electrons. The third kappa shape index (κ3) is 4.83. The normalized spacial score (nSPS) is 10.9. The molecule has 0 saturated heterocycles. The van der Waals surface area contributed by atoms with E-state index in [1.54, 1.807) is 4.68 Å². The number of anilines is 1. The van der Waals surface area contributed by atoms with Gasteiger partial charge in [-0.25, -0.2) is 14.6 Å². The Morgan fingerprint density at radius 1 is 1.13 bits per heavy atom. The van der Waals surface area contributed by atoms with Crippen molar-refractivity contribution in [2.24, 2.45) is 0 Å². The number of nitro groups is 1. The molecule has 0 aliphatic heterocycles. The van der Waals surface area contributed by atoms with Crippen LogP contribution in [0.15, 0.2) is 59.9 Å². The molecule has 1 N–H and O–H groups in total. The Bertz CT molecular complexity index is 1240. The maximum atomic E-state index is 12.3. The van der Waals surface area contributed by atoms with Crippen molar-refractivity contribution in [3.63, 3.8) is 0 Å². The number of nitrogens with zero attached hydrogens (tertiary/aromatic N) is 6. The molecule has 0 saturated carbocycles. The van der Waals surface area contributed by atoms with Gasteiger partial charge in [-0.05, 0) is 24.6 Å². The Morgan fingerprint density at radius 3 is 2.58 bits per heavy atom. The molecule has 4 aromatic rings. The minimum Gasteiger partial charge on any atom is -0.325 e. The Hall–Kier alpha value is -3.86. The van der Waals surface area contributed by atoms with Gasteiger partial charge in [-0.2, -0.15) is 0 Å². The van der Waals surface area contributed by atoms with Gasteiger partial charge in [-0.3, -0.25) is 14.9 Å². The number of aromatic nitrogens is 5. The first-order valence-electron chi connectivity index (χ1n) is 9.26. The van der Waals surface area contributed by atoms with Crippen LogP contribution >= 0.6 is 11.8 Å². The summed E-state index contributed by atoms with van der Waals surface area (Å²) in [5.74, 6) is -0.175. The van der Waals surface area contributed by atoms with Gasteiger partial charge in [-0.15, -0.1) is 5.10 Å². The summed E-state index contributed by atoms with van der Waals surface area (Å²) >= 11 is 1.22. The van der Waals surface area contributed by atoms with Crippen molar-refractivity contribution < 1.29 is 9.72 Å². The third-order valence-corrected chi connectivity index (χ3v) is 5.40. The molecule has 31 heavy (non-hydrogen) atoms. The summed E-state index contributed by atoms with van der Waals surface area (Å²) in [6, 6.07) is 13.8. The fourth-order valence-electron chi connectivity index (χ4n) is 2.85. The molecule has 10 nitrogen and oxygen atoms in total. The van der Waals surface area contributed by atoms with Crippen molar-refractivity contribution >= 4 is 40.2 Å². The molecule has 0 atom stereocenters. The van der Waals surface area contributed by atoms with Crippen molar-refractivity contribution in [3.8, 4) is 0 Å². The maximum Gasteiger partial charge on any atom is 0.269 e. The molecule has 11 heteroatoms. The van der Waals surface area contributed by atoms with E-state index in [0.29, 0.717) is 28.4 Å². The van der Waals surface area contributed by atoms with Gasteiger partial charge in [0, 0.05) is 17.8 Å². The Labute approximate surface area is 180 Å². The van der Waals surface area contributed by atoms with Crippen LogP contribution in [0.1, 0.15) is 11.1 Å². The van der Waals surface area contributed by atoms with E-state index in [2.05, 4.69) is 25.6 Å². The lowest BCUT2D eigenvalue weighted by atomic mass is 10.1. The van der Waals surface area contributed by atoms with Gasteiger partial charge in [-0.1, -0.05) is 46.8 Å². The minimum absolute atomic E-state index is 0.0375. The van der Waals surface area contributed by atoms with E-state index in [0.717, 1.165) is 5.56 Å². The van der Waals surface area contributed by atoms with Gasteiger partial charge in [0.1, 0.15) is 11.4 Å². The third-order valence-electron chi connectivity index (χ3n) is 4.42. The Kier molecular flexibility index (Phi) is 5.85. The van der Waals surface area contributed by atoms with Gasteiger partial charge in [0.25, 0.3) is 5.69 Å². The van der Waals surface area contributed by atoms with E-state index in [9.17, 15) is 14.9 Å². The van der Waals surface area contributed by atoms with Crippen LogP contribution in [0.2, 0.25) is 0 Å². The van der Waals surface area contributed by atoms with Crippen LogP contribution < -0.4 is 5.32 Å². The van der Waals surface area contributed by atoms with E-state index in [1.807, 2.05) is 31.2 Å². The van der Waals surface area contributed by atoms with E-state index < -0.39 is 4.92 Å². The molecule has 0 bridgehead atoms. The van der Waals surface area contributed by atoms with E-state index in [1.165, 1.54) is 47.9 Å². The average molecular weight is 435 g/mol. The van der Waals surface area contributed by atoms with Crippen LogP contribution in [0.4, 0.5) is 11.4 Å². The van der Waals surface area contributed by atoms with E-state index >= 15 is 0 Å². The van der Waals surface area contributed by atoms with E-state index in [-0.39, 0.29) is 17.3 Å². The number of amides is 1. The lowest BCUT2D eigenvalue weighted by Gasteiger charge is -2.05. The predicted octanol–water partition coefficient (Wildman–Crippen LogP) is 3.22. The van der Waals surface area contributed by atoms with Crippen LogP contribution in [0, 0.1) is 17.0 Å². The maximum absolute atomic E-state index is 12.3. The number of carbonyl (C=O) groups is 1. The van der Waals surface area contributed by atoms with E-state index in [4.69, 9.17) is 0 Å². The molecule has 2 aromatic heterocycles. The summed E-state index contributed by atoms with van der Waals surface area (Å²) in [6.45, 7) is 2.56. The summed E-state index contributed by atoms with van der Waals surface area (Å²) in [5.41, 5.74) is 3.82. The van der Waals surface area contributed by atoms with Crippen molar-refractivity contribution in [2.45, 2.75) is 18.5 Å². The number of benzene rings is 2. The van der Waals surface area contributed by atoms with Crippen molar-refractivity contribution in [2.75, 3.05) is 11.1 Å². The molecule has 0 fully saturated rings. The quantitative estimate of drug-likeness (QED) is 0.203. The second-order valence-electron chi connectivity index (χ2n) is 6.72. The highest BCUT2D eigenvalue weighted by atomic mass is 32.2. The molecule has 4 rings (SSSR count). The fourth-order valence-corrected chi connectivity index (χ4v) is 3.58. The van der Waals surface area contributed by atoms with Crippen LogP contribution in [-0.2, 0) is 11.3 Å². The predicted molar refractivity (Wildman–Crippen MR) is 116 cm³/mol. The molecule has 2 aromatic carbocycles. The molecule has 0 aliphatic carbocycles. The Balaban J connectivity index is 1.42. The number of non-ortho nitro benzene ring substituents is 1. The minimum atomic E-state index is -0.492. The average Bonchev–Trinajstić information content (AvgIpc) is 3.17. The van der Waals surface area contributed by atoms with Crippen LogP contribution in [0.5, 0.6) is 0 Å². The first-order valence-corrected chi connectivity index (χ1v) is 10.2. The topological polar surface area (TPSA) is 129 Å². The van der Waals surface area contributed by atoms with Crippen molar-refractivity contribution in [1.29, 1.82) is 0 Å². The van der Waals surface area contributed by atoms with Gasteiger partial charge in [0.05, 0.1) is 17.2 Å². The first kappa shape index (κ1) is 20.4. The number of nitro benzene ring substituents is 1. The van der Waals surface area contributed by atoms with Crippen LogP contribution in [0.3, 0.4) is 0 Å². The number of aryl methyl sites for hydroxylation is 1. The van der Waals surface area contributed by atoms with Crippen molar-refractivity contribution in [1.82, 2.24) is 25.0 Å². The zero-order valence-corrected chi connectivity index (χ0v) is 17.2. The zero-order chi connectivity index (χ0) is 21.8. The van der Waals surface area contributed by atoms with Gasteiger partial charge in [0.2, 0.25) is 5.91 Å². The highest BCUT2D eigenvalue weighted by molar-refractivity contribution is 8.00. The highest BCUT2D eigenvalue weighted by Crippen LogP contribution is 2.23. The summed E-state index contributed by atoms with van der Waals surface area (Å²) in [5, 5.41) is 22.3. The fraction of sp³-hybridized carbons (Fsp3) is 0.150. The number of nitrogens with one attached hydrogen (secondary N) is 1. The molecule has 0 spiro atoms. The molecular formula is C20H17N7O3S. The highest BCUT2D eigenvalue weighted by Gasteiger charge is 2.14. The largest absolute Gasteiger partial charge is 0.325 e. The number of hydrogen-bond donors (Lipinski definition) is 1. The van der Waals surface area contributed by atoms with Gasteiger partial charge in [0.15, 0.2) is 11.2 Å². The number of thioether (sulfide) groups is 1. The second kappa shape index (κ2) is 8.88. The Morgan fingerprint density at radius 2 is 1.87 bits per heavy atom. The van der Waals surface area contributed by atoms with Crippen LogP contribution in [-0.4, -0.2) is 41.5 Å². The molecular weight excluding hydrogens is 418 g/mol. The molecule has 156 valence electrons. The summed E-state index contributed by atoms with van der Waals surface area (Å²) in [4.78, 5) is 31.0. The smallest absolute Gasteiger partial charge is 0.269 e. The number of rotatable bonds is 7. The van der Waals surface area contributed by atoms with Gasteiger partial charge >= 0.3 is 0 Å². The first-order chi connectivity index (χ1) is 15.0. The number of carbonyl (C=O) groups excluding carboxylic acids is 1. The monoisotopic (exact) mass is 435 g/mol. The molecule has 2 heterocycles. The summed E-state index contributed by atoms with van der Waals surface area (Å²) in [7, 11) is 0. The summed E-state index contributed by atoms with van der Waals surface area (Å²) < 4.78 is 1.70. The standard InChI is InChI=1S/C20H17N7O3S/c1-13-2-4-14(5-3-13)10-26-19-18(24-25-26)20(22-12-21-19)31-11-17(28)23-15-6-8-16(9-7-15)27(29)30/h2-9,12H,10-11H2,1H3,(H,23,28). The SMILES string of the molecule is Cc1ccc(Cn2nnc3c(SCC(=O)Nc4ccc([N+](=O)[O-])cc4)ncnc32)cc1. The number of fused-ring (bicyclic) bond motifs is 1. The molecule has 0 unspecified atom stereocenters. The summed E-state index contributed by atoms with van der Waals surface area (Å²) in [6.07, 6.45) is 1.42. The lowest BCUT2D eigenvalue weighted by molar-refractivity contribution is -0.384. The van der Waals surface area contributed by atoms with Crippen LogP contribution in [0.25, 0.3) is 11.2 Å². The number of hydrogen-bond acceptors (Lipinski definition) is 8. The lowest BCUT2D eigenvalue weighted by Crippen LogP contribution is -2.14. The van der Waals surface area contributed by atoms with Gasteiger partial charge < -0.3 is 5.32 Å². The molecule has 1 amide bonds.